The van der Waals surface area contributed by atoms with Crippen LogP contribution < -0.4 is 5.32 Å². The van der Waals surface area contributed by atoms with Gasteiger partial charge < -0.3 is 24.8 Å². The number of hydrogen-bond acceptors (Lipinski definition) is 5. The van der Waals surface area contributed by atoms with Gasteiger partial charge in [0.2, 0.25) is 0 Å². The average Bonchev–Trinajstić information content (AvgIpc) is 3.08. The predicted molar refractivity (Wildman–Crippen MR) is 168 cm³/mol. The van der Waals surface area contributed by atoms with Crippen LogP contribution in [-0.2, 0) is 22.6 Å². The van der Waals surface area contributed by atoms with Gasteiger partial charge >= 0.3 is 0 Å². The van der Waals surface area contributed by atoms with Crippen LogP contribution in [0.1, 0.15) is 70.7 Å². The maximum absolute atomic E-state index is 12.6. The Balaban J connectivity index is 1.18. The Morgan fingerprint density at radius 3 is 2.23 bits per heavy atom. The van der Waals surface area contributed by atoms with E-state index in [1.807, 2.05) is 54.6 Å². The lowest BCUT2D eigenvalue weighted by molar-refractivity contribution is -0.253. The average molecular weight is 577 g/mol. The highest BCUT2D eigenvalue weighted by atomic mass is 16.7. The molecule has 6 rings (SSSR count). The second-order valence-corrected chi connectivity index (χ2v) is 11.5. The Morgan fingerprint density at radius 2 is 1.49 bits per heavy atom. The third-order valence-electron chi connectivity index (χ3n) is 8.51. The van der Waals surface area contributed by atoms with Crippen LogP contribution in [0.4, 0.5) is 0 Å². The predicted octanol–water partition coefficient (Wildman–Crippen LogP) is 6.81. The van der Waals surface area contributed by atoms with E-state index in [1.54, 1.807) is 0 Å². The van der Waals surface area contributed by atoms with Gasteiger partial charge in [-0.1, -0.05) is 97.4 Å². The first-order valence-corrected chi connectivity index (χ1v) is 15.4. The van der Waals surface area contributed by atoms with Gasteiger partial charge in [-0.3, -0.25) is 4.79 Å². The second-order valence-electron chi connectivity index (χ2n) is 11.5. The first kappa shape index (κ1) is 29.3. The molecule has 222 valence electrons. The number of aliphatic hydroxyl groups is 1. The fraction of sp³-hybridized carbons (Fsp3) is 0.324. The molecule has 43 heavy (non-hydrogen) atoms. The van der Waals surface area contributed by atoms with Crippen LogP contribution >= 0.6 is 0 Å². The van der Waals surface area contributed by atoms with Crippen molar-refractivity contribution >= 4 is 5.91 Å². The minimum Gasteiger partial charge on any atom is -0.392 e. The zero-order valence-electron chi connectivity index (χ0n) is 24.5. The number of nitrogens with one attached hydrogen (secondary N) is 1. The summed E-state index contributed by atoms with van der Waals surface area (Å²) in [7, 11) is 0. The molecule has 0 radical (unpaired) electrons. The van der Waals surface area contributed by atoms with E-state index in [0.29, 0.717) is 12.1 Å². The SMILES string of the molecule is O=C(NCc1ccccc1-c1ccc([C@@H]2O[C@H](CN3CCCCC3)C[C@H](c3ccc(CO)cc3)O2)cc1)c1ccccc1. The summed E-state index contributed by atoms with van der Waals surface area (Å²) in [5.74, 6) is -0.0861. The number of amides is 1. The highest BCUT2D eigenvalue weighted by Gasteiger charge is 2.33. The first-order chi connectivity index (χ1) is 21.2. The van der Waals surface area contributed by atoms with Gasteiger partial charge in [0.25, 0.3) is 5.91 Å². The van der Waals surface area contributed by atoms with Crippen LogP contribution in [0, 0.1) is 0 Å². The molecule has 2 aliphatic rings. The van der Waals surface area contributed by atoms with Crippen molar-refractivity contribution in [1.29, 1.82) is 0 Å². The van der Waals surface area contributed by atoms with Crippen molar-refractivity contribution in [2.45, 2.75) is 57.3 Å². The van der Waals surface area contributed by atoms with E-state index < -0.39 is 6.29 Å². The Kier molecular flexibility index (Phi) is 9.60. The van der Waals surface area contributed by atoms with Gasteiger partial charge in [-0.25, -0.2) is 0 Å². The lowest BCUT2D eigenvalue weighted by Gasteiger charge is -2.39. The quantitative estimate of drug-likeness (QED) is 0.229. The summed E-state index contributed by atoms with van der Waals surface area (Å²) in [5, 5.41) is 12.6. The van der Waals surface area contributed by atoms with Gasteiger partial charge in [-0.05, 0) is 65.9 Å². The molecule has 0 aromatic heterocycles. The van der Waals surface area contributed by atoms with Crippen LogP contribution in [0.2, 0.25) is 0 Å². The maximum Gasteiger partial charge on any atom is 0.251 e. The number of likely N-dealkylation sites (tertiary alicyclic amines) is 1. The fourth-order valence-electron chi connectivity index (χ4n) is 6.11. The van der Waals surface area contributed by atoms with Gasteiger partial charge in [0.05, 0.1) is 18.8 Å². The molecular formula is C37H40N2O4. The first-order valence-electron chi connectivity index (χ1n) is 15.4. The van der Waals surface area contributed by atoms with E-state index in [0.717, 1.165) is 59.4 Å². The Morgan fingerprint density at radius 1 is 0.791 bits per heavy atom. The van der Waals surface area contributed by atoms with E-state index in [2.05, 4.69) is 58.7 Å². The molecule has 0 spiro atoms. The summed E-state index contributed by atoms with van der Waals surface area (Å²) < 4.78 is 13.2. The molecule has 0 bridgehead atoms. The molecule has 0 aliphatic carbocycles. The summed E-state index contributed by atoms with van der Waals surface area (Å²) in [6.07, 6.45) is 4.10. The highest BCUT2D eigenvalue weighted by molar-refractivity contribution is 5.94. The molecule has 6 nitrogen and oxygen atoms in total. The van der Waals surface area contributed by atoms with Gasteiger partial charge in [-0.2, -0.15) is 0 Å². The molecule has 0 unspecified atom stereocenters. The largest absolute Gasteiger partial charge is 0.392 e. The molecule has 2 heterocycles. The van der Waals surface area contributed by atoms with Crippen molar-refractivity contribution in [3.8, 4) is 11.1 Å². The van der Waals surface area contributed by atoms with Crippen molar-refractivity contribution in [1.82, 2.24) is 10.2 Å². The van der Waals surface area contributed by atoms with Crippen LogP contribution in [0.3, 0.4) is 0 Å². The number of rotatable bonds is 9. The number of carbonyl (C=O) groups excluding carboxylic acids is 1. The molecule has 0 saturated carbocycles. The third-order valence-corrected chi connectivity index (χ3v) is 8.51. The number of carbonyl (C=O) groups is 1. The van der Waals surface area contributed by atoms with E-state index >= 15 is 0 Å². The number of nitrogens with zero attached hydrogens (tertiary/aromatic N) is 1. The van der Waals surface area contributed by atoms with Crippen molar-refractivity contribution < 1.29 is 19.4 Å². The van der Waals surface area contributed by atoms with Crippen LogP contribution in [0.25, 0.3) is 11.1 Å². The molecule has 2 fully saturated rings. The number of hydrogen-bond donors (Lipinski definition) is 2. The summed E-state index contributed by atoms with van der Waals surface area (Å²) in [5.41, 5.74) is 6.85. The van der Waals surface area contributed by atoms with Crippen LogP contribution in [-0.4, -0.2) is 41.7 Å². The minimum absolute atomic E-state index is 0.0317. The zero-order chi connectivity index (χ0) is 29.4. The number of piperidine rings is 1. The van der Waals surface area contributed by atoms with Crippen molar-refractivity contribution in [3.63, 3.8) is 0 Å². The lowest BCUT2D eigenvalue weighted by atomic mass is 9.97. The molecular weight excluding hydrogens is 536 g/mol. The highest BCUT2D eigenvalue weighted by Crippen LogP contribution is 2.39. The van der Waals surface area contributed by atoms with Gasteiger partial charge in [0.15, 0.2) is 6.29 Å². The van der Waals surface area contributed by atoms with Gasteiger partial charge in [0, 0.05) is 30.6 Å². The lowest BCUT2D eigenvalue weighted by Crippen LogP contribution is -2.41. The normalized spacial score (nSPS) is 20.9. The molecule has 6 heteroatoms. The molecule has 1 amide bonds. The Bertz CT molecular complexity index is 1470. The van der Waals surface area contributed by atoms with E-state index in [-0.39, 0.29) is 24.7 Å². The Hall–Kier alpha value is -3.81. The summed E-state index contributed by atoms with van der Waals surface area (Å²) >= 11 is 0. The van der Waals surface area contributed by atoms with E-state index in [4.69, 9.17) is 9.47 Å². The molecule has 2 N–H and O–H groups in total. The van der Waals surface area contributed by atoms with Gasteiger partial charge in [0.1, 0.15) is 0 Å². The number of aliphatic hydroxyl groups excluding tert-OH is 1. The molecule has 4 aromatic carbocycles. The van der Waals surface area contributed by atoms with Crippen LogP contribution in [0.5, 0.6) is 0 Å². The molecule has 2 aliphatic heterocycles. The van der Waals surface area contributed by atoms with E-state index in [9.17, 15) is 9.90 Å². The summed E-state index contributed by atoms with van der Waals surface area (Å²) in [4.78, 5) is 15.2. The van der Waals surface area contributed by atoms with E-state index in [1.165, 1.54) is 19.3 Å². The van der Waals surface area contributed by atoms with Crippen molar-refractivity contribution in [3.05, 3.63) is 131 Å². The van der Waals surface area contributed by atoms with Crippen molar-refractivity contribution in [2.24, 2.45) is 0 Å². The summed E-state index contributed by atoms with van der Waals surface area (Å²) in [6.45, 7) is 3.63. The standard InChI is InChI=1S/C37H40N2O4/c40-26-27-13-15-29(16-14-27)35-23-33(25-39-21-7-2-8-22-39)42-37(43-35)31-19-17-28(18-20-31)34-12-6-5-11-32(34)24-38-36(41)30-9-3-1-4-10-30/h1,3-6,9-20,33,35,37,40H,2,7-8,21-26H2,(H,38,41)/t33-,35+,37+/m0/s1. The fourth-order valence-corrected chi connectivity index (χ4v) is 6.11. The van der Waals surface area contributed by atoms with Crippen molar-refractivity contribution in [2.75, 3.05) is 19.6 Å². The van der Waals surface area contributed by atoms with Gasteiger partial charge in [-0.15, -0.1) is 0 Å². The zero-order valence-corrected chi connectivity index (χ0v) is 24.5. The smallest absolute Gasteiger partial charge is 0.251 e. The second kappa shape index (κ2) is 14.1. The Labute approximate surface area is 254 Å². The monoisotopic (exact) mass is 576 g/mol. The maximum atomic E-state index is 12.6. The van der Waals surface area contributed by atoms with Crippen LogP contribution in [0.15, 0.2) is 103 Å². The molecule has 3 atom stereocenters. The third kappa shape index (κ3) is 7.40. The molecule has 4 aromatic rings. The number of ether oxygens (including phenoxy) is 2. The number of benzene rings is 4. The topological polar surface area (TPSA) is 71.0 Å². The molecule has 2 saturated heterocycles. The summed E-state index contributed by atoms with van der Waals surface area (Å²) in [6, 6.07) is 33.9. The minimum atomic E-state index is -0.472.